The molecule has 0 heterocycles. The maximum atomic E-state index is 11.0. The maximum absolute atomic E-state index is 11.0. The third-order valence-electron chi connectivity index (χ3n) is 3.59. The van der Waals surface area contributed by atoms with E-state index in [1.165, 1.54) is 0 Å². The molecule has 2 aromatic rings. The van der Waals surface area contributed by atoms with Crippen LogP contribution in [0, 0.1) is 0 Å². The Morgan fingerprint density at radius 3 is 1.83 bits per heavy atom. The average Bonchev–Trinajstić information content (AvgIpc) is 2.75. The fourth-order valence-electron chi connectivity index (χ4n) is 1.99. The molecule has 0 saturated heterocycles. The number of carbonyl (C=O) groups excluding carboxylic acids is 1. The van der Waals surface area contributed by atoms with Gasteiger partial charge in [-0.1, -0.05) is 49.1 Å². The second kappa shape index (κ2) is 14.5. The molecule has 0 aliphatic carbocycles. The summed E-state index contributed by atoms with van der Waals surface area (Å²) in [6, 6.07) is 18.8. The number of carbonyl (C=O) groups is 2. The lowest BCUT2D eigenvalue weighted by Gasteiger charge is -2.06. The molecule has 0 aliphatic heterocycles. The Morgan fingerprint density at radius 1 is 0.867 bits per heavy atom. The summed E-state index contributed by atoms with van der Waals surface area (Å²) in [5.74, 6) is 0.309. The van der Waals surface area contributed by atoms with E-state index >= 15 is 0 Å². The highest BCUT2D eigenvalue weighted by atomic mass is 16.6. The minimum Gasteiger partial charge on any atom is -0.493 e. The van der Waals surface area contributed by atoms with E-state index in [0.29, 0.717) is 30.8 Å². The van der Waals surface area contributed by atoms with Gasteiger partial charge in [-0.3, -0.25) is 0 Å². The molecule has 0 radical (unpaired) electrons. The molecule has 0 aliphatic rings. The highest BCUT2D eigenvalue weighted by molar-refractivity contribution is 5.87. The van der Waals surface area contributed by atoms with Crippen LogP contribution in [0.1, 0.15) is 20.3 Å². The lowest BCUT2D eigenvalue weighted by atomic mass is 10.2. The standard InChI is InChI=1S/2C12H14O3/c1-10(2)12(13)15-9-8-14-11-6-4-3-5-7-11;1-10(12(13)14)6-5-9-15-11-7-3-2-4-8-11/h3-7H,1,8-9H2,2H3;2-4,6-8H,5,9H2,1H3,(H,13,14). The molecule has 0 spiro atoms. The van der Waals surface area contributed by atoms with E-state index in [2.05, 4.69) is 6.58 Å². The Morgan fingerprint density at radius 2 is 1.37 bits per heavy atom. The summed E-state index contributed by atoms with van der Waals surface area (Å²) in [5, 5.41) is 8.59. The van der Waals surface area contributed by atoms with Crippen molar-refractivity contribution >= 4 is 11.9 Å². The van der Waals surface area contributed by atoms with Gasteiger partial charge >= 0.3 is 11.9 Å². The number of hydrogen-bond donors (Lipinski definition) is 1. The number of benzene rings is 2. The number of ether oxygens (including phenoxy) is 3. The highest BCUT2D eigenvalue weighted by Crippen LogP contribution is 2.09. The molecule has 0 fully saturated rings. The molecule has 0 bridgehead atoms. The smallest absolute Gasteiger partial charge is 0.333 e. The summed E-state index contributed by atoms with van der Waals surface area (Å²) in [6.07, 6.45) is 2.26. The molecule has 0 aromatic heterocycles. The summed E-state index contributed by atoms with van der Waals surface area (Å²) < 4.78 is 15.6. The topological polar surface area (TPSA) is 82.1 Å². The number of esters is 1. The zero-order chi connectivity index (χ0) is 22.2. The summed E-state index contributed by atoms with van der Waals surface area (Å²) in [7, 11) is 0. The number of hydrogen-bond acceptors (Lipinski definition) is 5. The predicted octanol–water partition coefficient (Wildman–Crippen LogP) is 4.67. The van der Waals surface area contributed by atoms with Crippen LogP contribution in [0.25, 0.3) is 0 Å². The first-order valence-corrected chi connectivity index (χ1v) is 9.48. The Labute approximate surface area is 177 Å². The van der Waals surface area contributed by atoms with Crippen LogP contribution < -0.4 is 9.47 Å². The summed E-state index contributed by atoms with van der Waals surface area (Å²) in [4.78, 5) is 21.4. The van der Waals surface area contributed by atoms with Crippen LogP contribution in [0.15, 0.2) is 84.5 Å². The van der Waals surface area contributed by atoms with E-state index in [0.717, 1.165) is 11.5 Å². The van der Waals surface area contributed by atoms with Gasteiger partial charge in [0, 0.05) is 17.6 Å². The van der Waals surface area contributed by atoms with Gasteiger partial charge in [-0.15, -0.1) is 0 Å². The molecule has 160 valence electrons. The highest BCUT2D eigenvalue weighted by Gasteiger charge is 2.02. The van der Waals surface area contributed by atoms with Crippen molar-refractivity contribution in [2.45, 2.75) is 20.3 Å². The van der Waals surface area contributed by atoms with Crippen LogP contribution >= 0.6 is 0 Å². The van der Waals surface area contributed by atoms with Crippen molar-refractivity contribution < 1.29 is 28.9 Å². The minimum absolute atomic E-state index is 0.237. The Balaban J connectivity index is 0.000000300. The van der Waals surface area contributed by atoms with Gasteiger partial charge in [0.25, 0.3) is 0 Å². The van der Waals surface area contributed by atoms with Crippen molar-refractivity contribution in [3.8, 4) is 11.5 Å². The van der Waals surface area contributed by atoms with Crippen molar-refractivity contribution in [3.05, 3.63) is 84.5 Å². The van der Waals surface area contributed by atoms with Gasteiger partial charge in [-0.05, 0) is 38.1 Å². The normalized spacial score (nSPS) is 10.3. The summed E-state index contributed by atoms with van der Waals surface area (Å²) in [5.41, 5.74) is 0.751. The second-order valence-corrected chi connectivity index (χ2v) is 6.22. The Kier molecular flexibility index (Phi) is 11.8. The van der Waals surface area contributed by atoms with E-state index < -0.39 is 5.97 Å². The van der Waals surface area contributed by atoms with Crippen molar-refractivity contribution in [2.75, 3.05) is 19.8 Å². The first-order chi connectivity index (χ1) is 14.4. The first-order valence-electron chi connectivity index (χ1n) is 9.48. The van der Waals surface area contributed by atoms with Gasteiger partial charge in [0.15, 0.2) is 0 Å². The van der Waals surface area contributed by atoms with E-state index in [9.17, 15) is 9.59 Å². The molecule has 0 unspecified atom stereocenters. The van der Waals surface area contributed by atoms with Crippen LogP contribution in [0.3, 0.4) is 0 Å². The number of rotatable bonds is 10. The fraction of sp³-hybridized carbons (Fsp3) is 0.250. The van der Waals surface area contributed by atoms with Gasteiger partial charge in [-0.25, -0.2) is 9.59 Å². The largest absolute Gasteiger partial charge is 0.493 e. The zero-order valence-electron chi connectivity index (χ0n) is 17.4. The molecule has 30 heavy (non-hydrogen) atoms. The molecule has 6 heteroatoms. The van der Waals surface area contributed by atoms with Gasteiger partial charge in [0.2, 0.25) is 0 Å². The second-order valence-electron chi connectivity index (χ2n) is 6.22. The molecule has 2 rings (SSSR count). The van der Waals surface area contributed by atoms with Gasteiger partial charge in [-0.2, -0.15) is 0 Å². The molecule has 0 saturated carbocycles. The zero-order valence-corrected chi connectivity index (χ0v) is 17.4. The lowest BCUT2D eigenvalue weighted by Crippen LogP contribution is -2.12. The quantitative estimate of drug-likeness (QED) is 0.347. The fourth-order valence-corrected chi connectivity index (χ4v) is 1.99. The predicted molar refractivity (Wildman–Crippen MR) is 116 cm³/mol. The van der Waals surface area contributed by atoms with Crippen LogP contribution in [-0.4, -0.2) is 36.9 Å². The first kappa shape index (κ1) is 24.5. The average molecular weight is 412 g/mol. The maximum Gasteiger partial charge on any atom is 0.333 e. The summed E-state index contributed by atoms with van der Waals surface area (Å²) >= 11 is 0. The van der Waals surface area contributed by atoms with Crippen LogP contribution in [0.2, 0.25) is 0 Å². The van der Waals surface area contributed by atoms with Gasteiger partial charge in [0.1, 0.15) is 24.7 Å². The molecule has 0 atom stereocenters. The Bertz CT molecular complexity index is 812. The van der Waals surface area contributed by atoms with Crippen molar-refractivity contribution in [3.63, 3.8) is 0 Å². The lowest BCUT2D eigenvalue weighted by molar-refractivity contribution is -0.139. The molecular formula is C24H28O6. The molecule has 1 N–H and O–H groups in total. The van der Waals surface area contributed by atoms with Gasteiger partial charge in [0.05, 0.1) is 6.61 Å². The number of para-hydroxylation sites is 2. The van der Waals surface area contributed by atoms with E-state index in [4.69, 9.17) is 19.3 Å². The molecule has 0 amide bonds. The Hall–Kier alpha value is -3.54. The van der Waals surface area contributed by atoms with Crippen LogP contribution in [-0.2, 0) is 14.3 Å². The monoisotopic (exact) mass is 412 g/mol. The number of carboxylic acid groups (broad SMARTS) is 1. The number of aliphatic carboxylic acids is 1. The van der Waals surface area contributed by atoms with Crippen molar-refractivity contribution in [1.82, 2.24) is 0 Å². The van der Waals surface area contributed by atoms with Crippen LogP contribution in [0.4, 0.5) is 0 Å². The van der Waals surface area contributed by atoms with Gasteiger partial charge < -0.3 is 19.3 Å². The van der Waals surface area contributed by atoms with Crippen molar-refractivity contribution in [2.24, 2.45) is 0 Å². The van der Waals surface area contributed by atoms with Crippen LogP contribution in [0.5, 0.6) is 11.5 Å². The van der Waals surface area contributed by atoms with E-state index in [1.54, 1.807) is 19.9 Å². The molecule has 6 nitrogen and oxygen atoms in total. The van der Waals surface area contributed by atoms with E-state index in [1.807, 2.05) is 60.7 Å². The molecular weight excluding hydrogens is 384 g/mol. The molecule has 2 aromatic carbocycles. The van der Waals surface area contributed by atoms with Crippen molar-refractivity contribution in [1.29, 1.82) is 0 Å². The van der Waals surface area contributed by atoms with E-state index in [-0.39, 0.29) is 12.6 Å². The SMILES string of the molecule is C=C(C)C(=O)OCCOc1ccccc1.CC(=CCCOc1ccccc1)C(=O)O. The number of carboxylic acids is 1. The summed E-state index contributed by atoms with van der Waals surface area (Å²) in [6.45, 7) is 7.74. The third-order valence-corrected chi connectivity index (χ3v) is 3.59. The minimum atomic E-state index is -0.880. The third kappa shape index (κ3) is 11.3.